The van der Waals surface area contributed by atoms with Crippen LogP contribution >= 0.6 is 27.5 Å². The summed E-state index contributed by atoms with van der Waals surface area (Å²) in [5, 5.41) is 4.11. The average molecular weight is 341 g/mol. The summed E-state index contributed by atoms with van der Waals surface area (Å²) in [6.07, 6.45) is 6.22. The predicted molar refractivity (Wildman–Crippen MR) is 81.3 cm³/mol. The minimum atomic E-state index is 0.0924. The van der Waals surface area contributed by atoms with Gasteiger partial charge < -0.3 is 5.32 Å². The first-order chi connectivity index (χ1) is 9.20. The van der Waals surface area contributed by atoms with Crippen molar-refractivity contribution < 1.29 is 0 Å². The van der Waals surface area contributed by atoms with Gasteiger partial charge in [-0.1, -0.05) is 18.5 Å². The molecule has 100 valence electrons. The van der Waals surface area contributed by atoms with Gasteiger partial charge in [-0.25, -0.2) is 0 Å². The van der Waals surface area contributed by atoms with E-state index >= 15 is 0 Å². The fourth-order valence-electron chi connectivity index (χ4n) is 1.97. The first-order valence-corrected chi connectivity index (χ1v) is 7.31. The van der Waals surface area contributed by atoms with Crippen LogP contribution in [0.15, 0.2) is 41.3 Å². The fraction of sp³-hybridized carbons (Fsp3) is 0.286. The van der Waals surface area contributed by atoms with Crippen LogP contribution in [0.3, 0.4) is 0 Å². The molecule has 1 unspecified atom stereocenters. The molecule has 1 N–H and O–H groups in total. The van der Waals surface area contributed by atoms with Gasteiger partial charge in [0, 0.05) is 23.1 Å². The Morgan fingerprint density at radius 2 is 2.26 bits per heavy atom. The van der Waals surface area contributed by atoms with Gasteiger partial charge >= 0.3 is 0 Å². The lowest BCUT2D eigenvalue weighted by atomic mass is 10.0. The van der Waals surface area contributed by atoms with E-state index in [2.05, 4.69) is 44.2 Å². The van der Waals surface area contributed by atoms with E-state index in [1.54, 1.807) is 12.4 Å². The smallest absolute Gasteiger partial charge is 0.0762 e. The summed E-state index contributed by atoms with van der Waals surface area (Å²) < 4.78 is 0.979. The first-order valence-electron chi connectivity index (χ1n) is 6.14. The molecule has 19 heavy (non-hydrogen) atoms. The molecule has 0 aliphatic rings. The van der Waals surface area contributed by atoms with Crippen molar-refractivity contribution in [3.8, 4) is 0 Å². The Kier molecular flexibility index (Phi) is 5.31. The molecular formula is C14H15BrClN3. The van der Waals surface area contributed by atoms with E-state index in [1.165, 1.54) is 0 Å². The molecule has 0 spiro atoms. The van der Waals surface area contributed by atoms with Crippen molar-refractivity contribution >= 4 is 27.5 Å². The van der Waals surface area contributed by atoms with Crippen LogP contribution < -0.4 is 5.32 Å². The maximum absolute atomic E-state index is 6.22. The molecule has 0 fully saturated rings. The van der Waals surface area contributed by atoms with Crippen LogP contribution in [0.2, 0.25) is 5.02 Å². The third-order valence-electron chi connectivity index (χ3n) is 2.77. The van der Waals surface area contributed by atoms with Crippen LogP contribution in [0.25, 0.3) is 0 Å². The Morgan fingerprint density at radius 1 is 1.42 bits per heavy atom. The molecule has 0 bridgehead atoms. The number of likely N-dealkylation sites (N-methyl/N-ethyl adjacent to an activating group) is 1. The summed E-state index contributed by atoms with van der Waals surface area (Å²) >= 11 is 9.66. The van der Waals surface area contributed by atoms with Crippen molar-refractivity contribution in [3.63, 3.8) is 0 Å². The molecule has 0 aliphatic heterocycles. The van der Waals surface area contributed by atoms with Crippen LogP contribution in [0.5, 0.6) is 0 Å². The lowest BCUT2D eigenvalue weighted by Crippen LogP contribution is -2.24. The Morgan fingerprint density at radius 3 is 2.95 bits per heavy atom. The maximum Gasteiger partial charge on any atom is 0.0762 e. The third kappa shape index (κ3) is 4.00. The zero-order valence-corrected chi connectivity index (χ0v) is 12.9. The lowest BCUT2D eigenvalue weighted by molar-refractivity contribution is 0.536. The number of nitrogens with one attached hydrogen (secondary N) is 1. The largest absolute Gasteiger partial charge is 0.309 e. The summed E-state index contributed by atoms with van der Waals surface area (Å²) in [6.45, 7) is 2.93. The van der Waals surface area contributed by atoms with E-state index in [0.29, 0.717) is 5.02 Å². The monoisotopic (exact) mass is 339 g/mol. The number of hydrogen-bond donors (Lipinski definition) is 1. The summed E-state index contributed by atoms with van der Waals surface area (Å²) in [5.74, 6) is 0. The van der Waals surface area contributed by atoms with Crippen molar-refractivity contribution in [2.45, 2.75) is 19.4 Å². The highest BCUT2D eigenvalue weighted by molar-refractivity contribution is 9.10. The van der Waals surface area contributed by atoms with E-state index < -0.39 is 0 Å². The summed E-state index contributed by atoms with van der Waals surface area (Å²) in [4.78, 5) is 8.57. The Labute approximate surface area is 126 Å². The third-order valence-corrected chi connectivity index (χ3v) is 3.52. The average Bonchev–Trinajstić information content (AvgIpc) is 2.39. The number of pyridine rings is 2. The van der Waals surface area contributed by atoms with Crippen LogP contribution in [0.1, 0.15) is 24.2 Å². The van der Waals surface area contributed by atoms with Gasteiger partial charge in [0.1, 0.15) is 0 Å². The topological polar surface area (TPSA) is 37.8 Å². The molecule has 1 atom stereocenters. The van der Waals surface area contributed by atoms with Gasteiger partial charge in [0.25, 0.3) is 0 Å². The lowest BCUT2D eigenvalue weighted by Gasteiger charge is -2.18. The Hall–Kier alpha value is -0.970. The van der Waals surface area contributed by atoms with Gasteiger partial charge in [-0.2, -0.15) is 0 Å². The maximum atomic E-state index is 6.22. The van der Waals surface area contributed by atoms with Gasteiger partial charge in [-0.05, 0) is 52.7 Å². The van der Waals surface area contributed by atoms with Crippen molar-refractivity contribution in [3.05, 3.63) is 57.5 Å². The molecular weight excluding hydrogens is 326 g/mol. The number of hydrogen-bond acceptors (Lipinski definition) is 3. The molecule has 0 amide bonds. The fourth-order valence-corrected chi connectivity index (χ4v) is 2.63. The normalized spacial score (nSPS) is 12.4. The molecule has 3 nitrogen and oxygen atoms in total. The van der Waals surface area contributed by atoms with Crippen molar-refractivity contribution in [1.29, 1.82) is 0 Å². The minimum absolute atomic E-state index is 0.0924. The van der Waals surface area contributed by atoms with E-state index in [0.717, 1.165) is 28.7 Å². The summed E-state index contributed by atoms with van der Waals surface area (Å²) in [5.41, 5.74) is 2.02. The van der Waals surface area contributed by atoms with Crippen LogP contribution in [0.4, 0.5) is 0 Å². The molecule has 0 radical (unpaired) electrons. The molecule has 0 aliphatic carbocycles. The quantitative estimate of drug-likeness (QED) is 0.900. The number of aromatic nitrogens is 2. The van der Waals surface area contributed by atoms with Crippen LogP contribution in [-0.2, 0) is 6.42 Å². The van der Waals surface area contributed by atoms with Crippen molar-refractivity contribution in [1.82, 2.24) is 15.3 Å². The second kappa shape index (κ2) is 6.98. The highest BCUT2D eigenvalue weighted by atomic mass is 79.9. The van der Waals surface area contributed by atoms with Gasteiger partial charge in [-0.3, -0.25) is 9.97 Å². The second-order valence-electron chi connectivity index (χ2n) is 4.20. The zero-order valence-electron chi connectivity index (χ0n) is 10.6. The number of halogens is 2. The minimum Gasteiger partial charge on any atom is -0.309 e. The van der Waals surface area contributed by atoms with Gasteiger partial charge in [-0.15, -0.1) is 0 Å². The molecule has 2 rings (SSSR count). The van der Waals surface area contributed by atoms with Crippen LogP contribution in [-0.4, -0.2) is 16.5 Å². The molecule has 0 saturated carbocycles. The van der Waals surface area contributed by atoms with Gasteiger partial charge in [0.15, 0.2) is 0 Å². The van der Waals surface area contributed by atoms with Crippen molar-refractivity contribution in [2.24, 2.45) is 0 Å². The SMILES string of the molecule is CCNC(Cc1cncc(Br)c1)c1ncccc1Cl. The number of nitrogens with zero attached hydrogens (tertiary/aromatic N) is 2. The molecule has 2 heterocycles. The second-order valence-corrected chi connectivity index (χ2v) is 5.52. The zero-order chi connectivity index (χ0) is 13.7. The number of rotatable bonds is 5. The van der Waals surface area contributed by atoms with Crippen molar-refractivity contribution in [2.75, 3.05) is 6.54 Å². The molecule has 2 aromatic rings. The molecule has 5 heteroatoms. The Balaban J connectivity index is 2.24. The highest BCUT2D eigenvalue weighted by Crippen LogP contribution is 2.24. The van der Waals surface area contributed by atoms with Gasteiger partial charge in [0.2, 0.25) is 0 Å². The highest BCUT2D eigenvalue weighted by Gasteiger charge is 2.15. The summed E-state index contributed by atoms with van der Waals surface area (Å²) in [7, 11) is 0. The molecule has 2 aromatic heterocycles. The molecule has 0 aromatic carbocycles. The van der Waals surface area contributed by atoms with Crippen LogP contribution in [0, 0.1) is 0 Å². The van der Waals surface area contributed by atoms with Gasteiger partial charge in [0.05, 0.1) is 16.8 Å². The summed E-state index contributed by atoms with van der Waals surface area (Å²) in [6, 6.07) is 5.87. The van der Waals surface area contributed by atoms with E-state index in [-0.39, 0.29) is 6.04 Å². The van der Waals surface area contributed by atoms with E-state index in [9.17, 15) is 0 Å². The van der Waals surface area contributed by atoms with E-state index in [4.69, 9.17) is 11.6 Å². The first kappa shape index (κ1) is 14.4. The standard InChI is InChI=1S/C14H15BrClN3/c1-2-18-13(14-12(16)4-3-5-19-14)7-10-6-11(15)9-17-8-10/h3-6,8-9,13,18H,2,7H2,1H3. The predicted octanol–water partition coefficient (Wildman–Crippen LogP) is 3.79. The molecule has 0 saturated heterocycles. The Bertz CT molecular complexity index is 548. The van der Waals surface area contributed by atoms with E-state index in [1.807, 2.05) is 18.3 Å².